The summed E-state index contributed by atoms with van der Waals surface area (Å²) in [7, 11) is -2.19. The van der Waals surface area contributed by atoms with Crippen LogP contribution in [0.3, 0.4) is 0 Å². The van der Waals surface area contributed by atoms with Gasteiger partial charge in [0.1, 0.15) is 0 Å². The van der Waals surface area contributed by atoms with Crippen molar-refractivity contribution in [3.63, 3.8) is 0 Å². The van der Waals surface area contributed by atoms with E-state index in [1.807, 2.05) is 6.92 Å². The topological polar surface area (TPSA) is 90.0 Å². The fraction of sp³-hybridized carbons (Fsp3) is 0.750. The summed E-state index contributed by atoms with van der Waals surface area (Å²) in [6, 6.07) is 0. The quantitative estimate of drug-likeness (QED) is 0.858. The van der Waals surface area contributed by atoms with Gasteiger partial charge in [0.25, 0.3) is 10.0 Å². The zero-order valence-corrected chi connectivity index (χ0v) is 14.6. The molecule has 1 aliphatic carbocycles. The number of aryl methyl sites for hydroxylation is 1. The molecule has 0 bridgehead atoms. The first-order valence-corrected chi connectivity index (χ1v) is 8.60. The van der Waals surface area contributed by atoms with Gasteiger partial charge in [-0.2, -0.15) is 5.10 Å². The van der Waals surface area contributed by atoms with E-state index in [0.717, 1.165) is 25.7 Å². The van der Waals surface area contributed by atoms with E-state index in [1.165, 1.54) is 10.9 Å². The highest BCUT2D eigenvalue weighted by molar-refractivity contribution is 7.89. The van der Waals surface area contributed by atoms with E-state index in [-0.39, 0.29) is 34.9 Å². The van der Waals surface area contributed by atoms with Crippen molar-refractivity contribution in [2.24, 2.45) is 18.7 Å². The molecule has 3 N–H and O–H groups in total. The lowest BCUT2D eigenvalue weighted by atomic mass is 9.74. The average Bonchev–Trinajstić information content (AvgIpc) is 2.72. The zero-order valence-electron chi connectivity index (χ0n) is 12.2. The van der Waals surface area contributed by atoms with E-state index in [4.69, 9.17) is 17.3 Å². The number of nitrogens with zero attached hydrogens (tertiary/aromatic N) is 2. The van der Waals surface area contributed by atoms with E-state index < -0.39 is 15.6 Å². The van der Waals surface area contributed by atoms with Crippen LogP contribution in [0.25, 0.3) is 0 Å². The van der Waals surface area contributed by atoms with Gasteiger partial charge in [-0.3, -0.25) is 4.68 Å². The maximum absolute atomic E-state index is 12.6. The van der Waals surface area contributed by atoms with Crippen LogP contribution < -0.4 is 10.5 Å². The zero-order chi connectivity index (χ0) is 15.0. The molecule has 0 radical (unpaired) electrons. The summed E-state index contributed by atoms with van der Waals surface area (Å²) < 4.78 is 29.3. The number of sulfonamides is 1. The third-order valence-corrected chi connectivity index (χ3v) is 6.31. The Balaban J connectivity index is 0.00000220. The lowest BCUT2D eigenvalue weighted by Crippen LogP contribution is -2.59. The van der Waals surface area contributed by atoms with Crippen LogP contribution in [0.4, 0.5) is 0 Å². The van der Waals surface area contributed by atoms with Crippen LogP contribution in [0, 0.1) is 5.92 Å². The largest absolute Gasteiger partial charge is 0.329 e. The van der Waals surface area contributed by atoms with Crippen LogP contribution in [0.1, 0.15) is 32.6 Å². The minimum atomic E-state index is -3.74. The van der Waals surface area contributed by atoms with Crippen LogP contribution in [-0.2, 0) is 17.1 Å². The van der Waals surface area contributed by atoms with Crippen molar-refractivity contribution >= 4 is 34.0 Å². The Labute approximate surface area is 136 Å². The normalized spacial score (nSPS) is 26.4. The second-order valence-corrected chi connectivity index (χ2v) is 7.54. The molecule has 1 heterocycles. The van der Waals surface area contributed by atoms with Gasteiger partial charge in [-0.25, -0.2) is 13.1 Å². The standard InChI is InChI=1S/C12H21ClN4O2S.ClH/c1-9-5-3-4-6-12(9,8-14)16-20(18,19)11-10(13)7-15-17(11)2;/h7,9,16H,3-6,8,14H2,1-2H3;1H. The van der Waals surface area contributed by atoms with Gasteiger partial charge in [0, 0.05) is 19.1 Å². The van der Waals surface area contributed by atoms with E-state index in [0.29, 0.717) is 0 Å². The van der Waals surface area contributed by atoms with Crippen molar-refractivity contribution in [2.75, 3.05) is 6.54 Å². The first-order chi connectivity index (χ1) is 9.32. The number of aromatic nitrogens is 2. The highest BCUT2D eigenvalue weighted by Gasteiger charge is 2.41. The second kappa shape index (κ2) is 6.83. The summed E-state index contributed by atoms with van der Waals surface area (Å²) in [5.41, 5.74) is 5.29. The molecule has 21 heavy (non-hydrogen) atoms. The van der Waals surface area contributed by atoms with Crippen LogP contribution in [0.5, 0.6) is 0 Å². The Morgan fingerprint density at radius 3 is 2.71 bits per heavy atom. The van der Waals surface area contributed by atoms with Crippen molar-refractivity contribution < 1.29 is 8.42 Å². The van der Waals surface area contributed by atoms with E-state index >= 15 is 0 Å². The van der Waals surface area contributed by atoms with Crippen LogP contribution in [0.2, 0.25) is 5.02 Å². The molecule has 2 atom stereocenters. The Bertz CT molecular complexity index is 571. The van der Waals surface area contributed by atoms with Gasteiger partial charge >= 0.3 is 0 Å². The molecule has 2 unspecified atom stereocenters. The van der Waals surface area contributed by atoms with E-state index in [1.54, 1.807) is 7.05 Å². The lowest BCUT2D eigenvalue weighted by Gasteiger charge is -2.42. The molecule has 1 aromatic rings. The van der Waals surface area contributed by atoms with Gasteiger partial charge in [0.15, 0.2) is 5.03 Å². The summed E-state index contributed by atoms with van der Waals surface area (Å²) in [4.78, 5) is 0. The average molecular weight is 357 g/mol. The molecule has 1 saturated carbocycles. The fourth-order valence-corrected chi connectivity index (χ4v) is 5.12. The number of nitrogens with two attached hydrogens (primary N) is 1. The number of halogens is 2. The van der Waals surface area contributed by atoms with Gasteiger partial charge in [0.2, 0.25) is 0 Å². The Morgan fingerprint density at radius 1 is 1.57 bits per heavy atom. The predicted molar refractivity (Wildman–Crippen MR) is 85.2 cm³/mol. The molecule has 1 fully saturated rings. The predicted octanol–water partition coefficient (Wildman–Crippen LogP) is 1.68. The molecule has 6 nitrogen and oxygen atoms in total. The van der Waals surface area contributed by atoms with E-state index in [2.05, 4.69) is 9.82 Å². The van der Waals surface area contributed by atoms with Crippen molar-refractivity contribution in [3.05, 3.63) is 11.2 Å². The molecule has 0 amide bonds. The minimum absolute atomic E-state index is 0. The van der Waals surface area contributed by atoms with Gasteiger partial charge in [-0.05, 0) is 18.8 Å². The highest BCUT2D eigenvalue weighted by atomic mass is 35.5. The van der Waals surface area contributed by atoms with Gasteiger partial charge in [-0.1, -0.05) is 31.4 Å². The highest BCUT2D eigenvalue weighted by Crippen LogP contribution is 2.34. The molecule has 1 aliphatic rings. The Kier molecular flexibility index (Phi) is 6.08. The smallest absolute Gasteiger partial charge is 0.259 e. The maximum atomic E-state index is 12.6. The molecule has 9 heteroatoms. The number of rotatable bonds is 4. The Morgan fingerprint density at radius 2 is 2.24 bits per heavy atom. The SMILES string of the molecule is CC1CCCCC1(CN)NS(=O)(=O)c1c(Cl)cnn1C.Cl. The Hall–Kier alpha value is -0.340. The van der Waals surface area contributed by atoms with Gasteiger partial charge in [-0.15, -0.1) is 12.4 Å². The van der Waals surface area contributed by atoms with Crippen LogP contribution in [0.15, 0.2) is 11.2 Å². The summed E-state index contributed by atoms with van der Waals surface area (Å²) in [6.45, 7) is 2.32. The molecule has 0 saturated heterocycles. The number of hydrogen-bond acceptors (Lipinski definition) is 4. The van der Waals surface area contributed by atoms with Crippen molar-refractivity contribution in [2.45, 2.75) is 43.2 Å². The lowest BCUT2D eigenvalue weighted by molar-refractivity contribution is 0.191. The minimum Gasteiger partial charge on any atom is -0.329 e. The molecule has 1 aromatic heterocycles. The molecular weight excluding hydrogens is 335 g/mol. The molecule has 2 rings (SSSR count). The number of nitrogens with one attached hydrogen (secondary N) is 1. The molecule has 0 spiro atoms. The fourth-order valence-electron chi connectivity index (χ4n) is 2.93. The van der Waals surface area contributed by atoms with Gasteiger partial charge < -0.3 is 5.73 Å². The van der Waals surface area contributed by atoms with E-state index in [9.17, 15) is 8.42 Å². The van der Waals surface area contributed by atoms with Crippen molar-refractivity contribution in [1.29, 1.82) is 0 Å². The van der Waals surface area contributed by atoms with Crippen molar-refractivity contribution in [1.82, 2.24) is 14.5 Å². The van der Waals surface area contributed by atoms with Gasteiger partial charge in [0.05, 0.1) is 11.2 Å². The first-order valence-electron chi connectivity index (χ1n) is 6.74. The summed E-state index contributed by atoms with van der Waals surface area (Å²) >= 11 is 5.94. The molecule has 0 aliphatic heterocycles. The monoisotopic (exact) mass is 356 g/mol. The summed E-state index contributed by atoms with van der Waals surface area (Å²) in [6.07, 6.45) is 5.13. The number of hydrogen-bond donors (Lipinski definition) is 2. The molecular formula is C12H22Cl2N4O2S. The molecule has 122 valence electrons. The molecule has 0 aromatic carbocycles. The third kappa shape index (κ3) is 3.53. The maximum Gasteiger partial charge on any atom is 0.259 e. The third-order valence-electron chi connectivity index (χ3n) is 4.25. The second-order valence-electron chi connectivity index (χ2n) is 5.53. The summed E-state index contributed by atoms with van der Waals surface area (Å²) in [5, 5.41) is 3.99. The summed E-state index contributed by atoms with van der Waals surface area (Å²) in [5.74, 6) is 0.197. The van der Waals surface area contributed by atoms with Crippen molar-refractivity contribution in [3.8, 4) is 0 Å². The first kappa shape index (κ1) is 18.7. The van der Waals surface area contributed by atoms with Crippen LogP contribution >= 0.6 is 24.0 Å². The van der Waals surface area contributed by atoms with Crippen LogP contribution in [-0.4, -0.2) is 30.3 Å².